The first kappa shape index (κ1) is 21.4. The number of nitrogens with zero attached hydrogens (tertiary/aromatic N) is 1. The van der Waals surface area contributed by atoms with Crippen LogP contribution in [0.4, 0.5) is 0 Å². The molecule has 2 fully saturated rings. The number of H-pyrrole nitrogens is 1. The van der Waals surface area contributed by atoms with Crippen molar-refractivity contribution in [1.82, 2.24) is 9.97 Å². The Hall–Kier alpha value is -1.32. The van der Waals surface area contributed by atoms with Gasteiger partial charge < -0.3 is 9.72 Å². The summed E-state index contributed by atoms with van der Waals surface area (Å²) in [6.45, 7) is 14.4. The number of aromatic amines is 1. The van der Waals surface area contributed by atoms with E-state index < -0.39 is 0 Å². The zero-order chi connectivity index (χ0) is 20.5. The SMILES string of the molecule is CC[C@@H](C)CC[C@H]1[C@@H](C)C(OC(=O)c2ncc[nH]2)C[C@H]2C(C)(C)CCC[C@]12C. The van der Waals surface area contributed by atoms with Crippen molar-refractivity contribution in [3.05, 3.63) is 18.2 Å². The molecule has 2 aliphatic rings. The summed E-state index contributed by atoms with van der Waals surface area (Å²) in [5.74, 6) is 2.37. The van der Waals surface area contributed by atoms with Crippen LogP contribution in [-0.4, -0.2) is 22.0 Å². The van der Waals surface area contributed by atoms with Gasteiger partial charge in [0.05, 0.1) is 0 Å². The number of esters is 1. The topological polar surface area (TPSA) is 55.0 Å². The van der Waals surface area contributed by atoms with E-state index in [1.165, 1.54) is 38.5 Å². The summed E-state index contributed by atoms with van der Waals surface area (Å²) < 4.78 is 6.07. The largest absolute Gasteiger partial charge is 0.456 e. The monoisotopic (exact) mass is 388 g/mol. The summed E-state index contributed by atoms with van der Waals surface area (Å²) in [7, 11) is 0. The van der Waals surface area contributed by atoms with Crippen molar-refractivity contribution >= 4 is 5.97 Å². The van der Waals surface area contributed by atoms with E-state index in [0.29, 0.717) is 34.4 Å². The number of rotatable bonds is 6. The first-order chi connectivity index (χ1) is 13.2. The maximum atomic E-state index is 12.6. The van der Waals surface area contributed by atoms with Gasteiger partial charge in [0.25, 0.3) is 0 Å². The fourth-order valence-corrected chi connectivity index (χ4v) is 6.49. The molecule has 0 aromatic carbocycles. The first-order valence-electron chi connectivity index (χ1n) is 11.4. The summed E-state index contributed by atoms with van der Waals surface area (Å²) in [4.78, 5) is 19.6. The van der Waals surface area contributed by atoms with E-state index in [0.717, 1.165) is 12.3 Å². The molecule has 1 aromatic rings. The van der Waals surface area contributed by atoms with Crippen molar-refractivity contribution in [3.63, 3.8) is 0 Å². The smallest absolute Gasteiger partial charge is 0.374 e. The van der Waals surface area contributed by atoms with Crippen LogP contribution < -0.4 is 0 Å². The molecule has 0 saturated heterocycles. The van der Waals surface area contributed by atoms with Crippen molar-refractivity contribution < 1.29 is 9.53 Å². The molecule has 1 heterocycles. The Morgan fingerprint density at radius 3 is 2.75 bits per heavy atom. The lowest BCUT2D eigenvalue weighted by atomic mass is 9.45. The lowest BCUT2D eigenvalue weighted by Crippen LogP contribution is -2.56. The highest BCUT2D eigenvalue weighted by molar-refractivity contribution is 5.85. The van der Waals surface area contributed by atoms with Crippen LogP contribution in [0.15, 0.2) is 12.4 Å². The molecular formula is C24H40N2O2. The molecule has 28 heavy (non-hydrogen) atoms. The second-order valence-corrected chi connectivity index (χ2v) is 10.6. The lowest BCUT2D eigenvalue weighted by molar-refractivity contribution is -0.144. The summed E-state index contributed by atoms with van der Waals surface area (Å²) in [5.41, 5.74) is 0.652. The van der Waals surface area contributed by atoms with Crippen LogP contribution in [0.3, 0.4) is 0 Å². The van der Waals surface area contributed by atoms with Gasteiger partial charge >= 0.3 is 5.97 Å². The highest BCUT2D eigenvalue weighted by Crippen LogP contribution is 2.62. The highest BCUT2D eigenvalue weighted by Gasteiger charge is 2.56. The van der Waals surface area contributed by atoms with Crippen molar-refractivity contribution in [1.29, 1.82) is 0 Å². The minimum Gasteiger partial charge on any atom is -0.456 e. The van der Waals surface area contributed by atoms with E-state index in [1.807, 2.05) is 0 Å². The third-order valence-electron chi connectivity index (χ3n) is 8.43. The van der Waals surface area contributed by atoms with E-state index in [2.05, 4.69) is 51.5 Å². The average molecular weight is 389 g/mol. The molecule has 4 heteroatoms. The molecule has 0 bridgehead atoms. The van der Waals surface area contributed by atoms with Crippen molar-refractivity contribution in [2.45, 2.75) is 92.6 Å². The van der Waals surface area contributed by atoms with Crippen LogP contribution in [0.2, 0.25) is 0 Å². The second-order valence-electron chi connectivity index (χ2n) is 10.6. The van der Waals surface area contributed by atoms with Gasteiger partial charge in [-0.3, -0.25) is 0 Å². The van der Waals surface area contributed by atoms with Gasteiger partial charge in [-0.1, -0.05) is 60.8 Å². The van der Waals surface area contributed by atoms with Crippen LogP contribution in [0.25, 0.3) is 0 Å². The lowest BCUT2D eigenvalue weighted by Gasteiger charge is -2.60. The molecule has 158 valence electrons. The average Bonchev–Trinajstić information content (AvgIpc) is 3.17. The molecule has 1 N–H and O–H groups in total. The summed E-state index contributed by atoms with van der Waals surface area (Å²) >= 11 is 0. The molecule has 4 nitrogen and oxygen atoms in total. The van der Waals surface area contributed by atoms with Gasteiger partial charge in [0.1, 0.15) is 6.10 Å². The van der Waals surface area contributed by atoms with E-state index in [-0.39, 0.29) is 12.1 Å². The normalized spacial score (nSPS) is 35.8. The minimum absolute atomic E-state index is 0.0185. The molecule has 0 radical (unpaired) electrons. The summed E-state index contributed by atoms with van der Waals surface area (Å²) in [5, 5.41) is 0. The van der Waals surface area contributed by atoms with Gasteiger partial charge in [-0.25, -0.2) is 9.78 Å². The van der Waals surface area contributed by atoms with Crippen molar-refractivity contribution in [2.24, 2.45) is 34.5 Å². The molecule has 2 aliphatic carbocycles. The Labute approximate surface area is 171 Å². The number of aromatic nitrogens is 2. The van der Waals surface area contributed by atoms with Gasteiger partial charge in [0.15, 0.2) is 0 Å². The molecule has 1 aromatic heterocycles. The van der Waals surface area contributed by atoms with E-state index >= 15 is 0 Å². The Kier molecular flexibility index (Phi) is 6.26. The number of hydrogen-bond acceptors (Lipinski definition) is 3. The van der Waals surface area contributed by atoms with E-state index in [9.17, 15) is 4.79 Å². The number of imidazole rings is 1. The third kappa shape index (κ3) is 4.02. The quantitative estimate of drug-likeness (QED) is 0.586. The fraction of sp³-hybridized carbons (Fsp3) is 0.833. The zero-order valence-electron chi connectivity index (χ0n) is 18.8. The number of hydrogen-bond donors (Lipinski definition) is 1. The molecule has 1 unspecified atom stereocenters. The van der Waals surface area contributed by atoms with Crippen LogP contribution in [0.1, 0.15) is 97.1 Å². The molecule has 3 rings (SSSR count). The van der Waals surface area contributed by atoms with Gasteiger partial charge in [-0.05, 0) is 60.2 Å². The Morgan fingerprint density at radius 1 is 1.36 bits per heavy atom. The van der Waals surface area contributed by atoms with Crippen molar-refractivity contribution in [2.75, 3.05) is 0 Å². The van der Waals surface area contributed by atoms with Crippen LogP contribution in [0.5, 0.6) is 0 Å². The standard InChI is InChI=1S/C24H40N2O2/c1-7-16(2)9-10-18-17(3)19(28-22(27)21-25-13-14-26-21)15-20-23(4,5)11-8-12-24(18,20)6/h13-14,16-20H,7-12,15H2,1-6H3,(H,25,26)/t16-,17-,18+,19?,20+,24-/m1/s1. The molecule has 2 saturated carbocycles. The summed E-state index contributed by atoms with van der Waals surface area (Å²) in [6.07, 6.45) is 11.9. The number of nitrogens with one attached hydrogen (secondary N) is 1. The van der Waals surface area contributed by atoms with E-state index in [4.69, 9.17) is 4.74 Å². The molecular weight excluding hydrogens is 348 g/mol. The Morgan fingerprint density at radius 2 is 2.11 bits per heavy atom. The Balaban J connectivity index is 1.85. The zero-order valence-corrected chi connectivity index (χ0v) is 18.8. The Bertz CT molecular complexity index is 654. The minimum atomic E-state index is -0.306. The predicted octanol–water partition coefficient (Wildman–Crippen LogP) is 6.25. The number of ether oxygens (including phenoxy) is 1. The highest BCUT2D eigenvalue weighted by atomic mass is 16.5. The number of carbonyl (C=O) groups excluding carboxylic acids is 1. The number of fused-ring (bicyclic) bond motifs is 1. The van der Waals surface area contributed by atoms with Crippen LogP contribution in [-0.2, 0) is 4.74 Å². The van der Waals surface area contributed by atoms with Gasteiger partial charge in [-0.15, -0.1) is 0 Å². The van der Waals surface area contributed by atoms with Crippen LogP contribution in [0, 0.1) is 34.5 Å². The fourth-order valence-electron chi connectivity index (χ4n) is 6.49. The maximum absolute atomic E-state index is 12.6. The molecule has 0 amide bonds. The van der Waals surface area contributed by atoms with Crippen molar-refractivity contribution in [3.8, 4) is 0 Å². The van der Waals surface area contributed by atoms with Gasteiger partial charge in [0, 0.05) is 12.4 Å². The molecule has 0 spiro atoms. The number of carbonyl (C=O) groups is 1. The summed E-state index contributed by atoms with van der Waals surface area (Å²) in [6, 6.07) is 0. The molecule has 0 aliphatic heterocycles. The first-order valence-corrected chi connectivity index (χ1v) is 11.4. The second kappa shape index (κ2) is 8.20. The maximum Gasteiger partial charge on any atom is 0.374 e. The van der Waals surface area contributed by atoms with E-state index in [1.54, 1.807) is 12.4 Å². The third-order valence-corrected chi connectivity index (χ3v) is 8.43. The van der Waals surface area contributed by atoms with Gasteiger partial charge in [-0.2, -0.15) is 0 Å². The predicted molar refractivity (Wildman–Crippen MR) is 113 cm³/mol. The molecule has 6 atom stereocenters. The van der Waals surface area contributed by atoms with Gasteiger partial charge in [0.2, 0.25) is 5.82 Å². The van der Waals surface area contributed by atoms with Crippen LogP contribution >= 0.6 is 0 Å².